The highest BCUT2D eigenvalue weighted by molar-refractivity contribution is 5.78. The molecule has 0 radical (unpaired) electrons. The van der Waals surface area contributed by atoms with Crippen LogP contribution in [0.3, 0.4) is 0 Å². The van der Waals surface area contributed by atoms with Gasteiger partial charge in [-0.3, -0.25) is 4.79 Å². The molecule has 1 amide bonds. The van der Waals surface area contributed by atoms with Crippen LogP contribution in [0.15, 0.2) is 66.9 Å². The zero-order valence-corrected chi connectivity index (χ0v) is 23.6. The molecule has 5 rings (SSSR count). The van der Waals surface area contributed by atoms with Gasteiger partial charge in [0.25, 0.3) is 0 Å². The van der Waals surface area contributed by atoms with Crippen LogP contribution in [0.4, 0.5) is 18.9 Å². The molecule has 0 bridgehead atoms. The molecular formula is C31H35F3N6O2. The number of carbonyl (C=O) groups excluding carboxylic acids is 1. The average Bonchev–Trinajstić information content (AvgIpc) is 3.30. The molecule has 3 N–H and O–H groups in total. The van der Waals surface area contributed by atoms with Crippen molar-refractivity contribution in [2.75, 3.05) is 25.5 Å². The van der Waals surface area contributed by atoms with Gasteiger partial charge in [-0.15, -0.1) is 13.2 Å². The maximum absolute atomic E-state index is 12.8. The number of aromatic nitrogens is 3. The fraction of sp³-hybridized carbons (Fsp3) is 0.387. The van der Waals surface area contributed by atoms with Gasteiger partial charge >= 0.3 is 6.36 Å². The normalized spacial score (nSPS) is 16.3. The highest BCUT2D eigenvalue weighted by Crippen LogP contribution is 2.30. The maximum atomic E-state index is 12.8. The number of imidazole rings is 1. The Labute approximate surface area is 242 Å². The summed E-state index contributed by atoms with van der Waals surface area (Å²) in [7, 11) is 2.14. The molecule has 3 heterocycles. The van der Waals surface area contributed by atoms with Crippen molar-refractivity contribution >= 4 is 22.8 Å². The third-order valence-electron chi connectivity index (χ3n) is 7.98. The third-order valence-corrected chi connectivity index (χ3v) is 7.98. The first kappa shape index (κ1) is 29.4. The lowest BCUT2D eigenvalue weighted by atomic mass is 9.84. The monoisotopic (exact) mass is 580 g/mol. The Morgan fingerprint density at radius 1 is 1.10 bits per heavy atom. The summed E-state index contributed by atoms with van der Waals surface area (Å²) < 4.78 is 43.6. The van der Waals surface area contributed by atoms with Crippen LogP contribution in [-0.2, 0) is 17.8 Å². The van der Waals surface area contributed by atoms with Crippen LogP contribution in [0.2, 0.25) is 0 Å². The van der Waals surface area contributed by atoms with E-state index in [1.165, 1.54) is 12.1 Å². The lowest BCUT2D eigenvalue weighted by Gasteiger charge is -2.30. The average molecular weight is 581 g/mol. The Hall–Kier alpha value is -4.12. The molecular weight excluding hydrogens is 545 g/mol. The van der Waals surface area contributed by atoms with Crippen LogP contribution in [-0.4, -0.2) is 57.9 Å². The number of pyridine rings is 1. The maximum Gasteiger partial charge on any atom is 0.573 e. The second kappa shape index (κ2) is 12.4. The number of benzene rings is 2. The predicted molar refractivity (Wildman–Crippen MR) is 155 cm³/mol. The number of primary amides is 1. The molecule has 1 fully saturated rings. The Morgan fingerprint density at radius 2 is 1.79 bits per heavy atom. The van der Waals surface area contributed by atoms with E-state index in [1.54, 1.807) is 24.4 Å². The number of rotatable bonds is 10. The van der Waals surface area contributed by atoms with Crippen molar-refractivity contribution in [3.8, 4) is 5.75 Å². The quantitative estimate of drug-likeness (QED) is 0.263. The van der Waals surface area contributed by atoms with Gasteiger partial charge in [0.15, 0.2) is 5.65 Å². The number of ether oxygens (including phenoxy) is 1. The van der Waals surface area contributed by atoms with E-state index in [1.807, 2.05) is 41.8 Å². The predicted octanol–water partition coefficient (Wildman–Crippen LogP) is 5.33. The summed E-state index contributed by atoms with van der Waals surface area (Å²) in [5.41, 5.74) is 9.98. The number of halogens is 3. The van der Waals surface area contributed by atoms with Gasteiger partial charge in [0, 0.05) is 24.3 Å². The minimum atomic E-state index is -4.76. The molecule has 4 aromatic rings. The van der Waals surface area contributed by atoms with E-state index in [0.717, 1.165) is 42.7 Å². The van der Waals surface area contributed by atoms with E-state index >= 15 is 0 Å². The minimum Gasteiger partial charge on any atom is -0.406 e. The Balaban J connectivity index is 1.34. The molecule has 1 saturated heterocycles. The first-order chi connectivity index (χ1) is 20.1. The Bertz CT molecular complexity index is 1500. The number of amides is 1. The van der Waals surface area contributed by atoms with Crippen LogP contribution in [0.1, 0.15) is 42.6 Å². The van der Waals surface area contributed by atoms with E-state index in [-0.39, 0.29) is 18.1 Å². The van der Waals surface area contributed by atoms with Crippen molar-refractivity contribution in [1.29, 1.82) is 0 Å². The van der Waals surface area contributed by atoms with Crippen LogP contribution < -0.4 is 15.8 Å². The molecule has 1 aliphatic rings. The van der Waals surface area contributed by atoms with Crippen molar-refractivity contribution in [1.82, 2.24) is 19.4 Å². The van der Waals surface area contributed by atoms with E-state index in [4.69, 9.17) is 10.7 Å². The topological polar surface area (TPSA) is 98.3 Å². The lowest BCUT2D eigenvalue weighted by molar-refractivity contribution is -0.274. The summed E-state index contributed by atoms with van der Waals surface area (Å²) in [5, 5.41) is 3.62. The SMILES string of the molecule is C[C@H](c1ccc(NC2CCN(C)CC2)cc1)C(Cc1nc2cccnc2n1Cc1ccc(OC(F)(F)F)cc1)C(N)=O. The molecule has 1 aliphatic heterocycles. The number of fused-ring (bicyclic) bond motifs is 1. The summed E-state index contributed by atoms with van der Waals surface area (Å²) >= 11 is 0. The molecule has 0 aliphatic carbocycles. The van der Waals surface area contributed by atoms with Crippen LogP contribution in [0.5, 0.6) is 5.75 Å². The molecule has 42 heavy (non-hydrogen) atoms. The van der Waals surface area contributed by atoms with E-state index in [9.17, 15) is 18.0 Å². The zero-order valence-electron chi connectivity index (χ0n) is 23.6. The standard InChI is InChI=1S/C31H35F3N6O2/c1-20(22-7-9-23(10-8-22)37-24-13-16-39(2)17-14-24)26(29(35)41)18-28-38-27-4-3-15-36-30(27)40(28)19-21-5-11-25(12-6-21)42-31(32,33)34/h3-12,15,20,24,26,37H,13-14,16-19H2,1-2H3,(H2,35,41)/t20-,26?/m1/s1. The number of likely N-dealkylation sites (tertiary alicyclic amines) is 1. The van der Waals surface area contributed by atoms with Crippen molar-refractivity contribution in [2.24, 2.45) is 11.7 Å². The van der Waals surface area contributed by atoms with E-state index in [0.29, 0.717) is 29.6 Å². The molecule has 8 nitrogen and oxygen atoms in total. The fourth-order valence-electron chi connectivity index (χ4n) is 5.53. The van der Waals surface area contributed by atoms with Gasteiger partial charge in [-0.25, -0.2) is 9.97 Å². The number of piperidine rings is 1. The summed E-state index contributed by atoms with van der Waals surface area (Å²) in [5.74, 6) is -0.835. The number of alkyl halides is 3. The highest BCUT2D eigenvalue weighted by Gasteiger charge is 2.31. The largest absolute Gasteiger partial charge is 0.573 e. The van der Waals surface area contributed by atoms with Crippen LogP contribution >= 0.6 is 0 Å². The first-order valence-corrected chi connectivity index (χ1v) is 14.0. The van der Waals surface area contributed by atoms with Crippen LogP contribution in [0.25, 0.3) is 11.2 Å². The second-order valence-corrected chi connectivity index (χ2v) is 11.0. The number of anilines is 1. The van der Waals surface area contributed by atoms with Crippen molar-refractivity contribution in [3.63, 3.8) is 0 Å². The number of hydrogen-bond donors (Lipinski definition) is 2. The van der Waals surface area contributed by atoms with Crippen molar-refractivity contribution in [2.45, 2.75) is 51.1 Å². The van der Waals surface area contributed by atoms with Gasteiger partial charge in [0.1, 0.15) is 17.1 Å². The van der Waals surface area contributed by atoms with E-state index < -0.39 is 18.2 Å². The van der Waals surface area contributed by atoms with Crippen LogP contribution in [0, 0.1) is 5.92 Å². The zero-order chi connectivity index (χ0) is 29.9. The molecule has 222 valence electrons. The number of nitrogens with two attached hydrogens (primary N) is 1. The third kappa shape index (κ3) is 7.20. The smallest absolute Gasteiger partial charge is 0.406 e. The molecule has 1 unspecified atom stereocenters. The molecule has 0 spiro atoms. The summed E-state index contributed by atoms with van der Waals surface area (Å²) in [6.45, 7) is 4.43. The second-order valence-electron chi connectivity index (χ2n) is 11.0. The number of hydrogen-bond acceptors (Lipinski definition) is 6. The van der Waals surface area contributed by atoms with Crippen molar-refractivity contribution < 1.29 is 22.7 Å². The molecule has 0 saturated carbocycles. The fourth-order valence-corrected chi connectivity index (χ4v) is 5.53. The Kier molecular flexibility index (Phi) is 8.67. The highest BCUT2D eigenvalue weighted by atomic mass is 19.4. The first-order valence-electron chi connectivity index (χ1n) is 14.0. The van der Waals surface area contributed by atoms with E-state index in [2.05, 4.69) is 27.0 Å². The number of nitrogens with one attached hydrogen (secondary N) is 1. The molecule has 2 atom stereocenters. The molecule has 2 aromatic heterocycles. The van der Waals surface area contributed by atoms with Gasteiger partial charge in [-0.2, -0.15) is 0 Å². The van der Waals surface area contributed by atoms with Gasteiger partial charge < -0.3 is 25.3 Å². The van der Waals surface area contributed by atoms with Gasteiger partial charge in [0.2, 0.25) is 5.91 Å². The summed E-state index contributed by atoms with van der Waals surface area (Å²) in [6, 6.07) is 17.9. The summed E-state index contributed by atoms with van der Waals surface area (Å²) in [6.07, 6.45) is -0.639. The summed E-state index contributed by atoms with van der Waals surface area (Å²) in [4.78, 5) is 24.3. The lowest BCUT2D eigenvalue weighted by Crippen LogP contribution is -2.36. The molecule has 2 aromatic carbocycles. The number of carbonyl (C=O) groups is 1. The minimum absolute atomic E-state index is 0.181. The number of nitrogens with zero attached hydrogens (tertiary/aromatic N) is 4. The Morgan fingerprint density at radius 3 is 2.43 bits per heavy atom. The molecule has 11 heteroatoms. The van der Waals surface area contributed by atoms with Crippen molar-refractivity contribution in [3.05, 3.63) is 83.8 Å². The van der Waals surface area contributed by atoms with Gasteiger partial charge in [-0.05, 0) is 86.4 Å². The van der Waals surface area contributed by atoms with Gasteiger partial charge in [-0.1, -0.05) is 31.2 Å². The van der Waals surface area contributed by atoms with Gasteiger partial charge in [0.05, 0.1) is 12.5 Å².